The largest absolute Gasteiger partial charge is 0.371 e. The van der Waals surface area contributed by atoms with Gasteiger partial charge in [-0.2, -0.15) is 10.2 Å². The van der Waals surface area contributed by atoms with E-state index in [9.17, 15) is 9.90 Å². The molecule has 0 spiro atoms. The molecule has 1 amide bonds. The van der Waals surface area contributed by atoms with E-state index < -0.39 is 5.72 Å². The van der Waals surface area contributed by atoms with Crippen molar-refractivity contribution in [3.05, 3.63) is 11.8 Å². The highest BCUT2D eigenvalue weighted by atomic mass is 16.3. The van der Waals surface area contributed by atoms with Crippen LogP contribution in [-0.4, -0.2) is 27.8 Å². The van der Waals surface area contributed by atoms with E-state index in [2.05, 4.69) is 10.2 Å². The minimum absolute atomic E-state index is 0.000185. The molecular formula is C10H13N3O2. The van der Waals surface area contributed by atoms with Gasteiger partial charge in [0.15, 0.2) is 6.17 Å². The number of azo groups is 1. The van der Waals surface area contributed by atoms with Gasteiger partial charge in [-0.25, -0.2) is 0 Å². The molecule has 0 aromatic rings. The number of nitrogens with zero attached hydrogens (tertiary/aromatic N) is 3. The number of amides is 1. The SMILES string of the molecule is O=C1CCCC2(O)CCC3=CN=NC3N12. The Morgan fingerprint density at radius 3 is 3.20 bits per heavy atom. The molecule has 1 N–H and O–H groups in total. The van der Waals surface area contributed by atoms with Crippen LogP contribution in [0, 0.1) is 0 Å². The molecule has 2 unspecified atom stereocenters. The Bertz CT molecular complexity index is 377. The number of carbonyl (C=O) groups excluding carboxylic acids is 1. The quantitative estimate of drug-likeness (QED) is 0.647. The second kappa shape index (κ2) is 2.88. The highest BCUT2D eigenvalue weighted by Gasteiger charge is 2.49. The lowest BCUT2D eigenvalue weighted by molar-refractivity contribution is -0.183. The minimum Gasteiger partial charge on any atom is -0.371 e. The van der Waals surface area contributed by atoms with Crippen molar-refractivity contribution in [2.24, 2.45) is 10.2 Å². The van der Waals surface area contributed by atoms with Crippen LogP contribution < -0.4 is 0 Å². The van der Waals surface area contributed by atoms with Crippen LogP contribution in [0.2, 0.25) is 0 Å². The Morgan fingerprint density at radius 2 is 2.33 bits per heavy atom. The third-order valence-corrected chi connectivity index (χ3v) is 3.47. The van der Waals surface area contributed by atoms with Gasteiger partial charge in [-0.15, -0.1) is 0 Å². The van der Waals surface area contributed by atoms with E-state index in [1.54, 1.807) is 6.20 Å². The number of aliphatic hydroxyl groups is 1. The molecule has 5 nitrogen and oxygen atoms in total. The van der Waals surface area contributed by atoms with Crippen molar-refractivity contribution in [1.82, 2.24) is 4.90 Å². The van der Waals surface area contributed by atoms with Crippen LogP contribution in [0.3, 0.4) is 0 Å². The van der Waals surface area contributed by atoms with Crippen molar-refractivity contribution < 1.29 is 9.90 Å². The molecule has 0 aromatic heterocycles. The molecule has 2 fully saturated rings. The van der Waals surface area contributed by atoms with Crippen LogP contribution in [0.4, 0.5) is 0 Å². The molecule has 3 rings (SSSR count). The lowest BCUT2D eigenvalue weighted by atomic mass is 9.86. The number of carbonyl (C=O) groups is 1. The van der Waals surface area contributed by atoms with Crippen LogP contribution in [0.25, 0.3) is 0 Å². The van der Waals surface area contributed by atoms with Gasteiger partial charge >= 0.3 is 0 Å². The van der Waals surface area contributed by atoms with Gasteiger partial charge in [0.05, 0.1) is 6.20 Å². The predicted octanol–water partition coefficient (Wildman–Crippen LogP) is 1.16. The van der Waals surface area contributed by atoms with Crippen LogP contribution in [0.5, 0.6) is 0 Å². The zero-order chi connectivity index (χ0) is 10.5. The zero-order valence-electron chi connectivity index (χ0n) is 8.39. The number of hydrogen-bond donors (Lipinski definition) is 1. The maximum Gasteiger partial charge on any atom is 0.226 e. The molecule has 0 aromatic carbocycles. The first kappa shape index (κ1) is 9.03. The smallest absolute Gasteiger partial charge is 0.226 e. The standard InChI is InChI=1S/C10H13N3O2/c14-8-2-1-4-10(15)5-3-7-6-11-12-9(7)13(8)10/h6,9,15H,1-5H2. The fourth-order valence-electron chi connectivity index (χ4n) is 2.67. The zero-order valence-corrected chi connectivity index (χ0v) is 8.39. The summed E-state index contributed by atoms with van der Waals surface area (Å²) >= 11 is 0. The van der Waals surface area contributed by atoms with Crippen molar-refractivity contribution in [2.75, 3.05) is 0 Å². The molecule has 2 atom stereocenters. The molecule has 0 aliphatic carbocycles. The van der Waals surface area contributed by atoms with Gasteiger partial charge in [-0.1, -0.05) is 0 Å². The summed E-state index contributed by atoms with van der Waals surface area (Å²) in [5, 5.41) is 18.2. The summed E-state index contributed by atoms with van der Waals surface area (Å²) in [4.78, 5) is 13.3. The van der Waals surface area contributed by atoms with E-state index in [4.69, 9.17) is 0 Å². The van der Waals surface area contributed by atoms with Crippen molar-refractivity contribution in [2.45, 2.75) is 44.0 Å². The summed E-state index contributed by atoms with van der Waals surface area (Å²) in [6.45, 7) is 0. The van der Waals surface area contributed by atoms with Crippen molar-refractivity contribution in [1.29, 1.82) is 0 Å². The number of rotatable bonds is 0. The van der Waals surface area contributed by atoms with Crippen molar-refractivity contribution in [3.63, 3.8) is 0 Å². The van der Waals surface area contributed by atoms with Crippen molar-refractivity contribution in [3.8, 4) is 0 Å². The van der Waals surface area contributed by atoms with Crippen LogP contribution in [0.1, 0.15) is 32.1 Å². The van der Waals surface area contributed by atoms with E-state index in [1.807, 2.05) is 0 Å². The number of fused-ring (bicyclic) bond motifs is 3. The Balaban J connectivity index is 2.00. The molecule has 2 saturated heterocycles. The summed E-state index contributed by atoms with van der Waals surface area (Å²) in [6.07, 6.45) is 4.75. The predicted molar refractivity (Wildman–Crippen MR) is 51.6 cm³/mol. The van der Waals surface area contributed by atoms with Gasteiger partial charge in [-0.3, -0.25) is 9.69 Å². The molecule has 3 aliphatic rings. The lowest BCUT2D eigenvalue weighted by Gasteiger charge is -2.48. The maximum atomic E-state index is 11.8. The molecule has 80 valence electrons. The van der Waals surface area contributed by atoms with E-state index in [0.717, 1.165) is 18.4 Å². The van der Waals surface area contributed by atoms with Gasteiger partial charge in [0.1, 0.15) is 5.72 Å². The summed E-state index contributed by atoms with van der Waals surface area (Å²) in [7, 11) is 0. The summed E-state index contributed by atoms with van der Waals surface area (Å²) in [6, 6.07) is 0. The summed E-state index contributed by atoms with van der Waals surface area (Å²) < 4.78 is 0. The fraction of sp³-hybridized carbons (Fsp3) is 0.700. The fourth-order valence-corrected chi connectivity index (χ4v) is 2.67. The van der Waals surface area contributed by atoms with E-state index in [0.29, 0.717) is 19.3 Å². The maximum absolute atomic E-state index is 11.8. The molecule has 0 bridgehead atoms. The van der Waals surface area contributed by atoms with Crippen LogP contribution in [0.15, 0.2) is 22.0 Å². The first-order chi connectivity index (χ1) is 7.21. The number of piperidine rings is 2. The molecule has 15 heavy (non-hydrogen) atoms. The molecule has 0 saturated carbocycles. The first-order valence-electron chi connectivity index (χ1n) is 5.34. The Labute approximate surface area is 87.5 Å². The van der Waals surface area contributed by atoms with Gasteiger partial charge < -0.3 is 5.11 Å². The van der Waals surface area contributed by atoms with Gasteiger partial charge in [0.25, 0.3) is 0 Å². The molecule has 3 aliphatic heterocycles. The average molecular weight is 207 g/mol. The molecule has 3 heterocycles. The average Bonchev–Trinajstić information content (AvgIpc) is 2.64. The third-order valence-electron chi connectivity index (χ3n) is 3.47. The van der Waals surface area contributed by atoms with E-state index >= 15 is 0 Å². The Hall–Kier alpha value is -1.23. The highest BCUT2D eigenvalue weighted by molar-refractivity contribution is 5.78. The molecular weight excluding hydrogens is 194 g/mol. The van der Waals surface area contributed by atoms with Gasteiger partial charge in [0, 0.05) is 6.42 Å². The normalized spacial score (nSPS) is 38.7. The van der Waals surface area contributed by atoms with Crippen molar-refractivity contribution >= 4 is 5.91 Å². The number of hydrogen-bond acceptors (Lipinski definition) is 4. The molecule has 0 radical (unpaired) electrons. The monoisotopic (exact) mass is 207 g/mol. The third kappa shape index (κ3) is 1.16. The Kier molecular flexibility index (Phi) is 1.74. The second-order valence-electron chi connectivity index (χ2n) is 4.41. The topological polar surface area (TPSA) is 65.3 Å². The summed E-state index contributed by atoms with van der Waals surface area (Å²) in [5.41, 5.74) is 0.0793. The van der Waals surface area contributed by atoms with Crippen LogP contribution in [-0.2, 0) is 4.79 Å². The van der Waals surface area contributed by atoms with E-state index in [1.165, 1.54) is 4.90 Å². The Morgan fingerprint density at radius 1 is 1.47 bits per heavy atom. The van der Waals surface area contributed by atoms with Crippen LogP contribution >= 0.6 is 0 Å². The highest BCUT2D eigenvalue weighted by Crippen LogP contribution is 2.42. The second-order valence-corrected chi connectivity index (χ2v) is 4.41. The van der Waals surface area contributed by atoms with Gasteiger partial charge in [0.2, 0.25) is 5.91 Å². The van der Waals surface area contributed by atoms with Gasteiger partial charge in [-0.05, 0) is 31.3 Å². The lowest BCUT2D eigenvalue weighted by Crippen LogP contribution is -2.60. The minimum atomic E-state index is -0.972. The van der Waals surface area contributed by atoms with E-state index in [-0.39, 0.29) is 12.1 Å². The first-order valence-corrected chi connectivity index (χ1v) is 5.34. The molecule has 5 heteroatoms. The summed E-state index contributed by atoms with van der Waals surface area (Å²) in [5.74, 6) is 0.000185.